The van der Waals surface area contributed by atoms with E-state index < -0.39 is 0 Å². The van der Waals surface area contributed by atoms with E-state index in [0.717, 1.165) is 17.8 Å². The summed E-state index contributed by atoms with van der Waals surface area (Å²) >= 11 is 0. The van der Waals surface area contributed by atoms with E-state index in [1.165, 1.54) is 12.8 Å². The fourth-order valence-electron chi connectivity index (χ4n) is 4.48. The largest absolute Gasteiger partial charge is 0.0770 e. The van der Waals surface area contributed by atoms with Crippen molar-refractivity contribution >= 4 is 0 Å². The van der Waals surface area contributed by atoms with Crippen molar-refractivity contribution in [2.24, 2.45) is 34.0 Å². The van der Waals surface area contributed by atoms with Gasteiger partial charge in [0.1, 0.15) is 0 Å². The summed E-state index contributed by atoms with van der Waals surface area (Å²) in [4.78, 5) is 0. The Bertz CT molecular complexity index is 454. The molecule has 3 atom stereocenters. The Balaban J connectivity index is 2.38. The minimum atomic E-state index is 0.281. The van der Waals surface area contributed by atoms with Crippen LogP contribution in [0.5, 0.6) is 0 Å². The van der Waals surface area contributed by atoms with E-state index in [4.69, 9.17) is 0 Å². The number of hydrogen-bond acceptors (Lipinski definition) is 0. The van der Waals surface area contributed by atoms with Crippen molar-refractivity contribution in [1.29, 1.82) is 0 Å². The van der Waals surface area contributed by atoms with Gasteiger partial charge in [0, 0.05) is 0 Å². The highest BCUT2D eigenvalue weighted by molar-refractivity contribution is 5.40. The molecule has 2 bridgehead atoms. The number of fused-ring (bicyclic) bond motifs is 2. The average Bonchev–Trinajstić information content (AvgIpc) is 2.43. The van der Waals surface area contributed by atoms with Gasteiger partial charge in [-0.3, -0.25) is 0 Å². The zero-order valence-corrected chi connectivity index (χ0v) is 15.8. The fraction of sp³-hybridized carbons (Fsp3) is 0.810. The van der Waals surface area contributed by atoms with Gasteiger partial charge in [-0.05, 0) is 52.4 Å². The number of rotatable bonds is 1. The van der Waals surface area contributed by atoms with Gasteiger partial charge in [0.2, 0.25) is 0 Å². The van der Waals surface area contributed by atoms with Gasteiger partial charge in [-0.2, -0.15) is 0 Å². The van der Waals surface area contributed by atoms with Gasteiger partial charge in [0.05, 0.1) is 0 Å². The van der Waals surface area contributed by atoms with Crippen molar-refractivity contribution in [3.63, 3.8) is 0 Å². The molecule has 1 saturated carbocycles. The van der Waals surface area contributed by atoms with Crippen LogP contribution >= 0.6 is 0 Å². The third kappa shape index (κ3) is 3.63. The molecule has 0 saturated heterocycles. The fourth-order valence-corrected chi connectivity index (χ4v) is 4.48. The zero-order valence-electron chi connectivity index (χ0n) is 15.8. The van der Waals surface area contributed by atoms with Gasteiger partial charge in [-0.25, -0.2) is 0 Å². The molecule has 2 aliphatic rings. The summed E-state index contributed by atoms with van der Waals surface area (Å²) in [6, 6.07) is 0. The summed E-state index contributed by atoms with van der Waals surface area (Å²) in [6.45, 7) is 21.5. The maximum Gasteiger partial charge on any atom is -0.00851 e. The maximum atomic E-state index is 2.61. The van der Waals surface area contributed by atoms with Gasteiger partial charge in [0.25, 0.3) is 0 Å². The van der Waals surface area contributed by atoms with E-state index in [-0.39, 0.29) is 5.41 Å². The number of hydrogen-bond donors (Lipinski definition) is 0. The predicted octanol–water partition coefficient (Wildman–Crippen LogP) is 6.63. The molecule has 0 aromatic heterocycles. The molecule has 1 fully saturated rings. The summed E-state index contributed by atoms with van der Waals surface area (Å²) in [6.07, 6.45) is 7.88. The molecule has 0 aliphatic heterocycles. The van der Waals surface area contributed by atoms with Crippen molar-refractivity contribution in [1.82, 2.24) is 0 Å². The monoisotopic (exact) mass is 288 g/mol. The Morgan fingerprint density at radius 1 is 0.952 bits per heavy atom. The highest BCUT2D eigenvalue weighted by atomic mass is 14.5. The summed E-state index contributed by atoms with van der Waals surface area (Å²) in [5, 5.41) is 0. The minimum Gasteiger partial charge on any atom is -0.0770 e. The van der Waals surface area contributed by atoms with Crippen molar-refractivity contribution < 1.29 is 0 Å². The second-order valence-corrected chi connectivity index (χ2v) is 10.7. The van der Waals surface area contributed by atoms with Gasteiger partial charge in [-0.15, -0.1) is 0 Å². The van der Waals surface area contributed by atoms with Crippen molar-refractivity contribution in [3.8, 4) is 0 Å². The number of allylic oxidation sites excluding steroid dienone is 4. The molecule has 0 N–H and O–H groups in total. The van der Waals surface area contributed by atoms with Crippen LogP contribution in [0, 0.1) is 34.0 Å². The molecule has 2 rings (SSSR count). The van der Waals surface area contributed by atoms with Gasteiger partial charge >= 0.3 is 0 Å². The smallest absolute Gasteiger partial charge is 0.00851 e. The van der Waals surface area contributed by atoms with E-state index in [1.807, 2.05) is 0 Å². The standard InChI is InChI=1S/C21H36/c1-19(2,3)13-15-10-14-11-16(20(4,5)6)12-17(15)18(14)21(7,8)9/h11-12,14-15,18H,10,13H2,1-9H3. The van der Waals surface area contributed by atoms with E-state index >= 15 is 0 Å². The van der Waals surface area contributed by atoms with Crippen LogP contribution in [-0.2, 0) is 0 Å². The van der Waals surface area contributed by atoms with Gasteiger partial charge in [0.15, 0.2) is 0 Å². The molecular formula is C21H36. The molecule has 0 spiro atoms. The lowest BCUT2D eigenvalue weighted by Gasteiger charge is -2.38. The highest BCUT2D eigenvalue weighted by Gasteiger charge is 2.46. The molecule has 21 heavy (non-hydrogen) atoms. The third-order valence-corrected chi connectivity index (χ3v) is 5.19. The van der Waals surface area contributed by atoms with E-state index in [0.29, 0.717) is 10.8 Å². The molecule has 0 heterocycles. The van der Waals surface area contributed by atoms with Crippen LogP contribution in [-0.4, -0.2) is 0 Å². The van der Waals surface area contributed by atoms with Crippen LogP contribution < -0.4 is 0 Å². The predicted molar refractivity (Wildman–Crippen MR) is 94.2 cm³/mol. The Morgan fingerprint density at radius 2 is 1.52 bits per heavy atom. The zero-order chi connectivity index (χ0) is 16.2. The lowest BCUT2D eigenvalue weighted by Crippen LogP contribution is -2.28. The van der Waals surface area contributed by atoms with Crippen molar-refractivity contribution in [3.05, 3.63) is 23.3 Å². The van der Waals surface area contributed by atoms with Crippen LogP contribution in [0.15, 0.2) is 23.3 Å². The van der Waals surface area contributed by atoms with E-state index in [1.54, 1.807) is 11.1 Å². The van der Waals surface area contributed by atoms with Crippen LogP contribution in [0.1, 0.15) is 75.2 Å². The first-order chi connectivity index (χ1) is 9.29. The first kappa shape index (κ1) is 16.8. The Hall–Kier alpha value is -0.520. The van der Waals surface area contributed by atoms with Crippen molar-refractivity contribution in [2.45, 2.75) is 75.2 Å². The molecule has 0 aromatic rings. The molecule has 0 heteroatoms. The van der Waals surface area contributed by atoms with Crippen LogP contribution in [0.4, 0.5) is 0 Å². The molecule has 3 unspecified atom stereocenters. The lowest BCUT2D eigenvalue weighted by molar-refractivity contribution is 0.241. The summed E-state index contributed by atoms with van der Waals surface area (Å²) < 4.78 is 0. The quantitative estimate of drug-likeness (QED) is 0.507. The molecule has 120 valence electrons. The first-order valence-electron chi connectivity index (χ1n) is 8.73. The summed E-state index contributed by atoms with van der Waals surface area (Å²) in [5.41, 5.74) is 4.41. The summed E-state index contributed by atoms with van der Waals surface area (Å²) in [5.74, 6) is 2.29. The van der Waals surface area contributed by atoms with Gasteiger partial charge < -0.3 is 0 Å². The molecule has 0 radical (unpaired) electrons. The average molecular weight is 289 g/mol. The first-order valence-corrected chi connectivity index (χ1v) is 8.73. The molecule has 0 aromatic carbocycles. The Morgan fingerprint density at radius 3 is 1.95 bits per heavy atom. The molecular weight excluding hydrogens is 252 g/mol. The highest BCUT2D eigenvalue weighted by Crippen LogP contribution is 2.56. The van der Waals surface area contributed by atoms with Crippen LogP contribution in [0.2, 0.25) is 0 Å². The normalized spacial score (nSPS) is 30.2. The van der Waals surface area contributed by atoms with E-state index in [2.05, 4.69) is 74.5 Å². The topological polar surface area (TPSA) is 0 Å². The van der Waals surface area contributed by atoms with Crippen LogP contribution in [0.25, 0.3) is 0 Å². The lowest BCUT2D eigenvalue weighted by atomic mass is 9.67. The summed E-state index contributed by atoms with van der Waals surface area (Å²) in [7, 11) is 0. The Kier molecular flexibility index (Phi) is 4.01. The van der Waals surface area contributed by atoms with E-state index in [9.17, 15) is 0 Å². The Labute approximate surface area is 133 Å². The second kappa shape index (κ2) is 5.00. The SMILES string of the molecule is CC(C)(C)CC1CC2C=C(C(C)(C)C)C=C1C2C(C)(C)C. The van der Waals surface area contributed by atoms with Crippen LogP contribution in [0.3, 0.4) is 0 Å². The third-order valence-electron chi connectivity index (χ3n) is 5.19. The molecule has 0 nitrogen and oxygen atoms in total. The van der Waals surface area contributed by atoms with Crippen molar-refractivity contribution in [2.75, 3.05) is 0 Å². The second-order valence-electron chi connectivity index (χ2n) is 10.7. The minimum absolute atomic E-state index is 0.281. The molecule has 2 aliphatic carbocycles. The maximum absolute atomic E-state index is 2.61. The van der Waals surface area contributed by atoms with Gasteiger partial charge in [-0.1, -0.05) is 80.0 Å². The molecule has 0 amide bonds.